The third-order valence-corrected chi connectivity index (χ3v) is 3.74. The number of amides is 1. The first kappa shape index (κ1) is 14.4. The zero-order valence-electron chi connectivity index (χ0n) is 11.5. The lowest BCUT2D eigenvalue weighted by molar-refractivity contribution is 0.0940. The number of fused-ring (bicyclic) bond motifs is 1. The fourth-order valence-electron chi connectivity index (χ4n) is 1.67. The highest BCUT2D eigenvalue weighted by Crippen LogP contribution is 2.15. The molecule has 3 N–H and O–H groups in total. The number of nitrogens with two attached hydrogens (primary N) is 1. The van der Waals surface area contributed by atoms with Gasteiger partial charge in [0.1, 0.15) is 5.69 Å². The van der Waals surface area contributed by atoms with Crippen LogP contribution in [0.3, 0.4) is 0 Å². The molecule has 0 aliphatic rings. The van der Waals surface area contributed by atoms with Gasteiger partial charge in [0.05, 0.1) is 10.5 Å². The Hall–Kier alpha value is -2.01. The van der Waals surface area contributed by atoms with Crippen LogP contribution in [-0.2, 0) is 0 Å². The summed E-state index contributed by atoms with van der Waals surface area (Å²) in [5.74, 6) is -0.222. The monoisotopic (exact) mass is 287 g/mol. The maximum absolute atomic E-state index is 12.1. The number of hydrogen-bond acceptors (Lipinski definition) is 3. The molecule has 0 bridgehead atoms. The first-order valence-corrected chi connectivity index (χ1v) is 6.75. The zero-order chi connectivity index (χ0) is 14.8. The van der Waals surface area contributed by atoms with Gasteiger partial charge in [-0.1, -0.05) is 50.3 Å². The lowest BCUT2D eigenvalue weighted by Gasteiger charge is -2.23. The Morgan fingerprint density at radius 1 is 1.30 bits per heavy atom. The Morgan fingerprint density at radius 2 is 2.00 bits per heavy atom. The minimum atomic E-state index is -0.415. The molecule has 0 saturated heterocycles. The quantitative estimate of drug-likeness (QED) is 0.847. The fourth-order valence-corrected chi connectivity index (χ4v) is 1.74. The minimum absolute atomic E-state index is 0.222. The van der Waals surface area contributed by atoms with E-state index < -0.39 is 5.41 Å². The first-order valence-electron chi connectivity index (χ1n) is 6.34. The summed E-state index contributed by atoms with van der Waals surface area (Å²) in [5, 5.41) is 3.82. The molecule has 20 heavy (non-hydrogen) atoms. The van der Waals surface area contributed by atoms with Crippen molar-refractivity contribution in [3.05, 3.63) is 42.1 Å². The summed E-state index contributed by atoms with van der Waals surface area (Å²) in [5.41, 5.74) is 6.41. The van der Waals surface area contributed by atoms with Gasteiger partial charge >= 0.3 is 0 Å². The van der Waals surface area contributed by atoms with Crippen LogP contribution in [0.1, 0.15) is 24.3 Å². The molecular formula is C15H17N3OS. The standard InChI is InChI=1S/C15H17N3OS/c1-15(2,14(16)20)9-17-13(19)12-8-7-10-5-3-4-6-11(10)18-12/h3-8H,9H2,1-2H3,(H2,16,20)(H,17,19). The largest absolute Gasteiger partial charge is 0.393 e. The SMILES string of the molecule is CC(C)(CNC(=O)c1ccc2ccccc2n1)C(N)=S. The van der Waals surface area contributed by atoms with Gasteiger partial charge in [0.25, 0.3) is 5.91 Å². The number of carbonyl (C=O) groups excluding carboxylic acids is 1. The first-order chi connectivity index (χ1) is 9.40. The molecule has 0 aliphatic carbocycles. The van der Waals surface area contributed by atoms with Crippen molar-refractivity contribution in [2.75, 3.05) is 6.54 Å². The van der Waals surface area contributed by atoms with Crippen LogP contribution in [0.25, 0.3) is 10.9 Å². The van der Waals surface area contributed by atoms with E-state index in [9.17, 15) is 4.79 Å². The van der Waals surface area contributed by atoms with Crippen LogP contribution in [-0.4, -0.2) is 22.4 Å². The van der Waals surface area contributed by atoms with Crippen LogP contribution < -0.4 is 11.1 Å². The van der Waals surface area contributed by atoms with Crippen LogP contribution >= 0.6 is 12.2 Å². The van der Waals surface area contributed by atoms with E-state index in [0.717, 1.165) is 10.9 Å². The maximum Gasteiger partial charge on any atom is 0.269 e. The molecule has 0 radical (unpaired) electrons. The van der Waals surface area contributed by atoms with Crippen molar-refractivity contribution in [1.82, 2.24) is 10.3 Å². The molecule has 1 heterocycles. The molecular weight excluding hydrogens is 270 g/mol. The molecule has 1 amide bonds. The van der Waals surface area contributed by atoms with Crippen LogP contribution in [0.4, 0.5) is 0 Å². The van der Waals surface area contributed by atoms with Crippen molar-refractivity contribution >= 4 is 34.0 Å². The van der Waals surface area contributed by atoms with Crippen LogP contribution in [0.15, 0.2) is 36.4 Å². The van der Waals surface area contributed by atoms with E-state index in [-0.39, 0.29) is 5.91 Å². The second kappa shape index (κ2) is 5.54. The highest BCUT2D eigenvalue weighted by molar-refractivity contribution is 7.80. The van der Waals surface area contributed by atoms with Crippen molar-refractivity contribution in [1.29, 1.82) is 0 Å². The molecule has 1 aromatic carbocycles. The van der Waals surface area contributed by atoms with Gasteiger partial charge in [-0.3, -0.25) is 4.79 Å². The molecule has 5 heteroatoms. The summed E-state index contributed by atoms with van der Waals surface area (Å²) in [7, 11) is 0. The summed E-state index contributed by atoms with van der Waals surface area (Å²) in [6.45, 7) is 4.17. The van der Waals surface area contributed by atoms with E-state index in [1.54, 1.807) is 6.07 Å². The summed E-state index contributed by atoms with van der Waals surface area (Å²) in [6, 6.07) is 11.3. The van der Waals surface area contributed by atoms with E-state index in [1.165, 1.54) is 0 Å². The third-order valence-electron chi connectivity index (χ3n) is 3.19. The Morgan fingerprint density at radius 3 is 2.70 bits per heavy atom. The minimum Gasteiger partial charge on any atom is -0.393 e. The lowest BCUT2D eigenvalue weighted by Crippen LogP contribution is -2.41. The smallest absolute Gasteiger partial charge is 0.269 e. The average molecular weight is 287 g/mol. The number of benzene rings is 1. The van der Waals surface area contributed by atoms with E-state index in [2.05, 4.69) is 10.3 Å². The number of carbonyl (C=O) groups is 1. The number of rotatable bonds is 4. The predicted molar refractivity (Wildman–Crippen MR) is 84.6 cm³/mol. The summed E-state index contributed by atoms with van der Waals surface area (Å²) >= 11 is 4.97. The topological polar surface area (TPSA) is 68.0 Å². The lowest BCUT2D eigenvalue weighted by atomic mass is 9.93. The van der Waals surface area contributed by atoms with Crippen molar-refractivity contribution in [3.8, 4) is 0 Å². The van der Waals surface area contributed by atoms with Crippen molar-refractivity contribution in [2.24, 2.45) is 11.1 Å². The van der Waals surface area contributed by atoms with Gasteiger partial charge < -0.3 is 11.1 Å². The maximum atomic E-state index is 12.1. The molecule has 0 atom stereocenters. The molecule has 0 unspecified atom stereocenters. The van der Waals surface area contributed by atoms with E-state index >= 15 is 0 Å². The van der Waals surface area contributed by atoms with Crippen LogP contribution in [0.2, 0.25) is 0 Å². The normalized spacial score (nSPS) is 11.3. The summed E-state index contributed by atoms with van der Waals surface area (Å²) in [6.07, 6.45) is 0. The number of nitrogens with zero attached hydrogens (tertiary/aromatic N) is 1. The molecule has 4 nitrogen and oxygen atoms in total. The van der Waals surface area contributed by atoms with E-state index in [0.29, 0.717) is 17.2 Å². The van der Waals surface area contributed by atoms with E-state index in [1.807, 2.05) is 44.2 Å². The average Bonchev–Trinajstić information content (AvgIpc) is 2.44. The van der Waals surface area contributed by atoms with Gasteiger partial charge in [0, 0.05) is 17.3 Å². The summed E-state index contributed by atoms with van der Waals surface area (Å²) < 4.78 is 0. The fraction of sp³-hybridized carbons (Fsp3) is 0.267. The Balaban J connectivity index is 2.14. The number of hydrogen-bond donors (Lipinski definition) is 2. The molecule has 0 spiro atoms. The Labute approximate surface area is 123 Å². The van der Waals surface area contributed by atoms with Gasteiger partial charge in [-0.25, -0.2) is 4.98 Å². The zero-order valence-corrected chi connectivity index (χ0v) is 12.3. The number of nitrogens with one attached hydrogen (secondary N) is 1. The number of para-hydroxylation sites is 1. The van der Waals surface area contributed by atoms with Gasteiger partial charge in [-0.05, 0) is 12.1 Å². The molecule has 1 aromatic heterocycles. The van der Waals surface area contributed by atoms with Gasteiger partial charge in [0.15, 0.2) is 0 Å². The molecule has 104 valence electrons. The Kier molecular flexibility index (Phi) is 3.99. The van der Waals surface area contributed by atoms with Crippen LogP contribution in [0, 0.1) is 5.41 Å². The number of thiocarbonyl (C=S) groups is 1. The highest BCUT2D eigenvalue weighted by Gasteiger charge is 2.22. The molecule has 2 rings (SSSR count). The van der Waals surface area contributed by atoms with Crippen molar-refractivity contribution < 1.29 is 4.79 Å². The molecule has 2 aromatic rings. The highest BCUT2D eigenvalue weighted by atomic mass is 32.1. The van der Waals surface area contributed by atoms with Crippen molar-refractivity contribution in [2.45, 2.75) is 13.8 Å². The summed E-state index contributed by atoms with van der Waals surface area (Å²) in [4.78, 5) is 16.8. The third kappa shape index (κ3) is 3.11. The van der Waals surface area contributed by atoms with Crippen LogP contribution in [0.5, 0.6) is 0 Å². The molecule has 0 saturated carbocycles. The molecule has 0 aliphatic heterocycles. The van der Waals surface area contributed by atoms with Crippen molar-refractivity contribution in [3.63, 3.8) is 0 Å². The molecule has 0 fully saturated rings. The predicted octanol–water partition coefficient (Wildman–Crippen LogP) is 2.28. The van der Waals surface area contributed by atoms with Gasteiger partial charge in [-0.2, -0.15) is 0 Å². The number of aromatic nitrogens is 1. The van der Waals surface area contributed by atoms with E-state index in [4.69, 9.17) is 18.0 Å². The second-order valence-corrected chi connectivity index (χ2v) is 5.76. The Bertz CT molecular complexity index is 667. The number of pyridine rings is 1. The van der Waals surface area contributed by atoms with Gasteiger partial charge in [-0.15, -0.1) is 0 Å². The van der Waals surface area contributed by atoms with Gasteiger partial charge in [0.2, 0.25) is 0 Å². The second-order valence-electron chi connectivity index (χ2n) is 5.32.